The van der Waals surface area contributed by atoms with Gasteiger partial charge in [0.05, 0.1) is 6.10 Å². The zero-order valence-electron chi connectivity index (χ0n) is 13.9. The Morgan fingerprint density at radius 3 is 2.86 bits per heavy atom. The predicted molar refractivity (Wildman–Crippen MR) is 86.0 cm³/mol. The van der Waals surface area contributed by atoms with E-state index in [1.165, 1.54) is 18.5 Å². The Balaban J connectivity index is 1.74. The lowest BCUT2D eigenvalue weighted by Gasteiger charge is -2.58. The van der Waals surface area contributed by atoms with E-state index in [-0.39, 0.29) is 17.3 Å². The summed E-state index contributed by atoms with van der Waals surface area (Å²) in [7, 11) is 2.13. The number of allylic oxidation sites excluding steroid dienone is 3. The molecule has 3 heteroatoms. The molecule has 0 amide bonds. The van der Waals surface area contributed by atoms with Gasteiger partial charge in [0.25, 0.3) is 0 Å². The zero-order chi connectivity index (χ0) is 15.7. The van der Waals surface area contributed by atoms with Crippen molar-refractivity contribution >= 4 is 5.78 Å². The van der Waals surface area contributed by atoms with Gasteiger partial charge >= 0.3 is 0 Å². The molecule has 1 saturated heterocycles. The van der Waals surface area contributed by atoms with Gasteiger partial charge in [-0.05, 0) is 54.9 Å². The van der Waals surface area contributed by atoms with Crippen molar-refractivity contribution in [1.29, 1.82) is 0 Å². The van der Waals surface area contributed by atoms with Gasteiger partial charge < -0.3 is 10.0 Å². The summed E-state index contributed by atoms with van der Waals surface area (Å²) in [5.74, 6) is 1.96. The monoisotopic (exact) mass is 301 g/mol. The fourth-order valence-corrected chi connectivity index (χ4v) is 6.24. The Bertz CT molecular complexity index is 580. The van der Waals surface area contributed by atoms with E-state index >= 15 is 0 Å². The molecule has 4 rings (SSSR count). The lowest BCUT2D eigenvalue weighted by Crippen LogP contribution is -2.55. The van der Waals surface area contributed by atoms with E-state index in [2.05, 4.69) is 31.9 Å². The number of carbonyl (C=O) groups excluding carboxylic acids is 1. The first-order chi connectivity index (χ1) is 10.3. The molecule has 120 valence electrons. The Labute approximate surface area is 133 Å². The third-order valence-corrected chi connectivity index (χ3v) is 7.27. The molecule has 22 heavy (non-hydrogen) atoms. The van der Waals surface area contributed by atoms with Crippen LogP contribution >= 0.6 is 0 Å². The van der Waals surface area contributed by atoms with Crippen molar-refractivity contribution in [3.05, 3.63) is 23.9 Å². The van der Waals surface area contributed by atoms with Crippen molar-refractivity contribution in [1.82, 2.24) is 4.90 Å². The quantitative estimate of drug-likeness (QED) is 0.748. The third-order valence-electron chi connectivity index (χ3n) is 7.27. The molecule has 0 spiro atoms. The average molecular weight is 301 g/mol. The number of piperidine rings is 1. The first-order valence-corrected chi connectivity index (χ1v) is 8.68. The first kappa shape index (κ1) is 14.5. The highest BCUT2D eigenvalue weighted by Gasteiger charge is 2.58. The Hall–Kier alpha value is -1.09. The topological polar surface area (TPSA) is 40.5 Å². The molecule has 3 fully saturated rings. The molecule has 2 saturated carbocycles. The van der Waals surface area contributed by atoms with Crippen LogP contribution in [0.25, 0.3) is 0 Å². The Morgan fingerprint density at radius 1 is 1.32 bits per heavy atom. The van der Waals surface area contributed by atoms with E-state index in [9.17, 15) is 9.90 Å². The van der Waals surface area contributed by atoms with Gasteiger partial charge in [-0.2, -0.15) is 0 Å². The Morgan fingerprint density at radius 2 is 2.09 bits per heavy atom. The summed E-state index contributed by atoms with van der Waals surface area (Å²) in [6, 6.07) is 0. The number of likely N-dealkylation sites (tertiary alicyclic amines) is 1. The van der Waals surface area contributed by atoms with Crippen LogP contribution in [0.4, 0.5) is 0 Å². The number of rotatable bonds is 0. The van der Waals surface area contributed by atoms with Crippen molar-refractivity contribution in [3.63, 3.8) is 0 Å². The summed E-state index contributed by atoms with van der Waals surface area (Å²) in [5, 5.41) is 10.2. The lowest BCUT2D eigenvalue weighted by molar-refractivity contribution is -0.111. The summed E-state index contributed by atoms with van der Waals surface area (Å²) in [5.41, 5.74) is 1.50. The minimum absolute atomic E-state index is 0.0134. The molecule has 4 aliphatic rings. The number of hydrogen-bond acceptors (Lipinski definition) is 3. The largest absolute Gasteiger partial charge is 0.393 e. The zero-order valence-corrected chi connectivity index (χ0v) is 13.9. The fourth-order valence-electron chi connectivity index (χ4n) is 6.24. The van der Waals surface area contributed by atoms with Gasteiger partial charge in [0, 0.05) is 30.8 Å². The SMILES string of the molecule is CN1C[C@@H]2[C@@H](CC[C@]3(C)CC(O)C[C@@H]23)[C@@]2(C)C=CC(=O)C=C12. The van der Waals surface area contributed by atoms with Gasteiger partial charge in [-0.25, -0.2) is 0 Å². The van der Waals surface area contributed by atoms with Crippen LogP contribution in [0, 0.1) is 28.6 Å². The molecule has 6 atom stereocenters. The van der Waals surface area contributed by atoms with Gasteiger partial charge in [0.15, 0.2) is 5.78 Å². The van der Waals surface area contributed by atoms with Crippen LogP contribution in [0.1, 0.15) is 39.5 Å². The van der Waals surface area contributed by atoms with Crippen LogP contribution in [0.2, 0.25) is 0 Å². The van der Waals surface area contributed by atoms with E-state index in [4.69, 9.17) is 0 Å². The van der Waals surface area contributed by atoms with Crippen LogP contribution < -0.4 is 0 Å². The molecular formula is C19H27NO2. The average Bonchev–Trinajstić information content (AvgIpc) is 2.76. The lowest BCUT2D eigenvalue weighted by atomic mass is 9.51. The van der Waals surface area contributed by atoms with Gasteiger partial charge in [-0.3, -0.25) is 4.79 Å². The minimum Gasteiger partial charge on any atom is -0.393 e. The number of aliphatic hydroxyl groups excluding tert-OH is 1. The van der Waals surface area contributed by atoms with Gasteiger partial charge in [-0.1, -0.05) is 19.9 Å². The summed E-state index contributed by atoms with van der Waals surface area (Å²) >= 11 is 0. The second-order valence-corrected chi connectivity index (χ2v) is 8.59. The molecule has 0 bridgehead atoms. The highest BCUT2D eigenvalue weighted by atomic mass is 16.3. The maximum atomic E-state index is 11.8. The van der Waals surface area contributed by atoms with Crippen molar-refractivity contribution in [2.24, 2.45) is 28.6 Å². The highest BCUT2D eigenvalue weighted by Crippen LogP contribution is 2.62. The summed E-state index contributed by atoms with van der Waals surface area (Å²) in [6.07, 6.45) is 10.00. The van der Waals surface area contributed by atoms with Crippen molar-refractivity contribution in [2.45, 2.75) is 45.6 Å². The number of hydrogen-bond donors (Lipinski definition) is 1. The van der Waals surface area contributed by atoms with E-state index in [1.54, 1.807) is 6.08 Å². The molecule has 1 aliphatic heterocycles. The van der Waals surface area contributed by atoms with Crippen LogP contribution in [0.15, 0.2) is 23.9 Å². The maximum Gasteiger partial charge on any atom is 0.180 e. The molecule has 3 nitrogen and oxygen atoms in total. The third kappa shape index (κ3) is 1.81. The number of carbonyl (C=O) groups is 1. The fraction of sp³-hybridized carbons (Fsp3) is 0.737. The molecular weight excluding hydrogens is 274 g/mol. The summed E-state index contributed by atoms with van der Waals surface area (Å²) < 4.78 is 0. The molecule has 0 radical (unpaired) electrons. The van der Waals surface area contributed by atoms with Gasteiger partial charge in [0.2, 0.25) is 0 Å². The highest BCUT2D eigenvalue weighted by molar-refractivity contribution is 6.01. The summed E-state index contributed by atoms with van der Waals surface area (Å²) in [6.45, 7) is 5.72. The van der Waals surface area contributed by atoms with Crippen molar-refractivity contribution in [3.8, 4) is 0 Å². The maximum absolute atomic E-state index is 11.8. The molecule has 3 aliphatic carbocycles. The number of ketones is 1. The minimum atomic E-state index is -0.118. The van der Waals surface area contributed by atoms with E-state index in [0.717, 1.165) is 19.4 Å². The number of nitrogens with zero attached hydrogens (tertiary/aromatic N) is 1. The van der Waals surface area contributed by atoms with Crippen LogP contribution in [-0.4, -0.2) is 35.5 Å². The molecule has 1 unspecified atom stereocenters. The normalized spacial score (nSPS) is 50.3. The standard InChI is InChI=1S/C19H27NO2/c1-18-6-5-15-14(16(18)8-13(22)10-18)11-20(3)17-9-12(21)4-7-19(15,17)2/h4,7,9,13-16,22H,5-6,8,10-11H2,1-3H3/t13?,14-,15-,16+,18-,19-/m1/s1. The van der Waals surface area contributed by atoms with E-state index < -0.39 is 0 Å². The van der Waals surface area contributed by atoms with E-state index in [0.29, 0.717) is 23.2 Å². The van der Waals surface area contributed by atoms with Crippen LogP contribution in [-0.2, 0) is 4.79 Å². The predicted octanol–water partition coefficient (Wildman–Crippen LogP) is 2.76. The van der Waals surface area contributed by atoms with Crippen LogP contribution in [0.3, 0.4) is 0 Å². The second-order valence-electron chi connectivity index (χ2n) is 8.59. The molecule has 1 heterocycles. The molecule has 0 aromatic carbocycles. The smallest absolute Gasteiger partial charge is 0.180 e. The van der Waals surface area contributed by atoms with E-state index in [1.807, 2.05) is 6.08 Å². The molecule has 0 aromatic rings. The number of aliphatic hydroxyl groups is 1. The van der Waals surface area contributed by atoms with Crippen LogP contribution in [0.5, 0.6) is 0 Å². The van der Waals surface area contributed by atoms with Gasteiger partial charge in [-0.15, -0.1) is 0 Å². The molecule has 0 aromatic heterocycles. The molecule has 1 N–H and O–H groups in total. The second kappa shape index (κ2) is 4.47. The van der Waals surface area contributed by atoms with Gasteiger partial charge in [0.1, 0.15) is 0 Å². The van der Waals surface area contributed by atoms with Crippen molar-refractivity contribution in [2.75, 3.05) is 13.6 Å². The Kier molecular flexibility index (Phi) is 2.95. The van der Waals surface area contributed by atoms with Crippen molar-refractivity contribution < 1.29 is 9.90 Å². The first-order valence-electron chi connectivity index (χ1n) is 8.68. The summed E-state index contributed by atoms with van der Waals surface area (Å²) in [4.78, 5) is 14.1. The number of fused-ring (bicyclic) bond motifs is 5.